The zero-order valence-corrected chi connectivity index (χ0v) is 14.6. The Bertz CT molecular complexity index is 804. The molecule has 2 aromatic rings. The van der Waals surface area contributed by atoms with Gasteiger partial charge in [0.25, 0.3) is 17.4 Å². The molecule has 0 bridgehead atoms. The van der Waals surface area contributed by atoms with E-state index >= 15 is 0 Å². The van der Waals surface area contributed by atoms with E-state index in [1.807, 2.05) is 38.1 Å². The second-order valence-electron chi connectivity index (χ2n) is 6.18. The number of rotatable bonds is 4. The molecule has 0 fully saturated rings. The minimum atomic E-state index is -1.61. The average molecular weight is 339 g/mol. The molecule has 25 heavy (non-hydrogen) atoms. The number of nitrogens with zero attached hydrogens (tertiary/aromatic N) is 2. The van der Waals surface area contributed by atoms with Crippen LogP contribution in [0.1, 0.15) is 25.0 Å². The van der Waals surface area contributed by atoms with Gasteiger partial charge >= 0.3 is 0 Å². The fraction of sp³-hybridized carbons (Fsp3) is 0.316. The second kappa shape index (κ2) is 6.55. The van der Waals surface area contributed by atoms with Crippen LogP contribution in [0, 0.1) is 6.92 Å². The Hall–Kier alpha value is -2.89. The first-order valence-corrected chi connectivity index (χ1v) is 8.25. The molecule has 0 radical (unpaired) electrons. The summed E-state index contributed by atoms with van der Waals surface area (Å²) in [5.41, 5.74) is 0.493. The topological polar surface area (TPSA) is 71.5 Å². The van der Waals surface area contributed by atoms with Crippen LogP contribution in [0.4, 0.5) is 5.82 Å². The van der Waals surface area contributed by atoms with Crippen LogP contribution in [0.25, 0.3) is 0 Å². The summed E-state index contributed by atoms with van der Waals surface area (Å²) < 4.78 is 5.77. The molecule has 0 spiro atoms. The van der Waals surface area contributed by atoms with Crippen LogP contribution >= 0.6 is 0 Å². The first kappa shape index (κ1) is 17.0. The molecular weight excluding hydrogens is 318 g/mol. The highest BCUT2D eigenvalue weighted by Crippen LogP contribution is 2.35. The molecule has 0 saturated carbocycles. The van der Waals surface area contributed by atoms with Crippen LogP contribution < -0.4 is 15.0 Å². The van der Waals surface area contributed by atoms with Crippen molar-refractivity contribution in [1.29, 1.82) is 0 Å². The fourth-order valence-electron chi connectivity index (χ4n) is 2.78. The third-order valence-corrected chi connectivity index (χ3v) is 4.30. The highest BCUT2D eigenvalue weighted by molar-refractivity contribution is 6.16. The molecular formula is C19H21N3O3. The normalized spacial score (nSPS) is 19.2. The number of hydrogen-bond acceptors (Lipinski definition) is 4. The average Bonchev–Trinajstić information content (AvgIpc) is 2.62. The van der Waals surface area contributed by atoms with E-state index in [9.17, 15) is 9.59 Å². The highest BCUT2D eigenvalue weighted by Gasteiger charge is 2.50. The summed E-state index contributed by atoms with van der Waals surface area (Å²) in [5.74, 6) is -0.00983. The Labute approximate surface area is 146 Å². The van der Waals surface area contributed by atoms with Gasteiger partial charge < -0.3 is 10.1 Å². The van der Waals surface area contributed by atoms with Crippen molar-refractivity contribution in [3.63, 3.8) is 0 Å². The van der Waals surface area contributed by atoms with Crippen LogP contribution in [0.3, 0.4) is 0 Å². The number of aromatic nitrogens is 1. The van der Waals surface area contributed by atoms with Crippen LogP contribution in [-0.2, 0) is 16.1 Å². The summed E-state index contributed by atoms with van der Waals surface area (Å²) in [6.07, 6.45) is 1.60. The maximum atomic E-state index is 12.8. The van der Waals surface area contributed by atoms with Gasteiger partial charge in [-0.1, -0.05) is 29.8 Å². The van der Waals surface area contributed by atoms with Crippen molar-refractivity contribution in [3.05, 3.63) is 53.7 Å². The van der Waals surface area contributed by atoms with Crippen molar-refractivity contribution in [2.75, 3.05) is 11.4 Å². The van der Waals surface area contributed by atoms with Gasteiger partial charge in [-0.3, -0.25) is 14.5 Å². The van der Waals surface area contributed by atoms with Gasteiger partial charge in [0.15, 0.2) is 11.6 Å². The van der Waals surface area contributed by atoms with Crippen LogP contribution in [0.2, 0.25) is 0 Å². The summed E-state index contributed by atoms with van der Waals surface area (Å²) in [6, 6.07) is 11.3. The van der Waals surface area contributed by atoms with Crippen molar-refractivity contribution in [2.24, 2.45) is 0 Å². The van der Waals surface area contributed by atoms with E-state index < -0.39 is 17.4 Å². The lowest BCUT2D eigenvalue weighted by Gasteiger charge is -2.38. The molecule has 6 nitrogen and oxygen atoms in total. The molecule has 1 aliphatic rings. The number of hydrogen-bond donors (Lipinski definition) is 1. The van der Waals surface area contributed by atoms with E-state index in [1.54, 1.807) is 18.3 Å². The Kier molecular flexibility index (Phi) is 4.44. The first-order chi connectivity index (χ1) is 12.0. The molecule has 1 aromatic heterocycles. The predicted octanol–water partition coefficient (Wildman–Crippen LogP) is 2.21. The summed E-state index contributed by atoms with van der Waals surface area (Å²) >= 11 is 0. The molecule has 1 aromatic carbocycles. The molecule has 0 unspecified atom stereocenters. The summed E-state index contributed by atoms with van der Waals surface area (Å²) in [6.45, 7) is 6.08. The zero-order valence-electron chi connectivity index (χ0n) is 14.6. The number of amides is 2. The van der Waals surface area contributed by atoms with Gasteiger partial charge in [0.1, 0.15) is 0 Å². The quantitative estimate of drug-likeness (QED) is 0.867. The Morgan fingerprint density at radius 2 is 2.00 bits per heavy atom. The smallest absolute Gasteiger partial charge is 0.282 e. The molecule has 1 atom stereocenters. The van der Waals surface area contributed by atoms with E-state index in [-0.39, 0.29) is 0 Å². The van der Waals surface area contributed by atoms with Gasteiger partial charge in [0, 0.05) is 19.3 Å². The Morgan fingerprint density at radius 1 is 1.28 bits per heavy atom. The third-order valence-electron chi connectivity index (χ3n) is 4.30. The first-order valence-electron chi connectivity index (χ1n) is 8.25. The van der Waals surface area contributed by atoms with Gasteiger partial charge in [-0.05, 0) is 38.5 Å². The standard InChI is InChI=1S/C19H21N3O3/c1-4-22-16-15(6-5-11-20-16)25-19(3,18(22)24)17(23)21-12-14-9-7-13(2)8-10-14/h5-11H,4,12H2,1-3H3,(H,21,23)/t19-/m1/s1. The molecule has 3 rings (SSSR count). The number of benzene rings is 1. The Morgan fingerprint density at radius 3 is 2.68 bits per heavy atom. The largest absolute Gasteiger partial charge is 0.464 e. The molecule has 1 aliphatic heterocycles. The maximum absolute atomic E-state index is 12.8. The number of fused-ring (bicyclic) bond motifs is 1. The molecule has 6 heteroatoms. The van der Waals surface area contributed by atoms with E-state index in [0.29, 0.717) is 24.7 Å². The number of pyridine rings is 1. The molecule has 2 heterocycles. The van der Waals surface area contributed by atoms with Crippen molar-refractivity contribution < 1.29 is 14.3 Å². The molecule has 0 saturated heterocycles. The van der Waals surface area contributed by atoms with E-state index in [0.717, 1.165) is 11.1 Å². The molecule has 1 N–H and O–H groups in total. The lowest BCUT2D eigenvalue weighted by Crippen LogP contribution is -2.62. The van der Waals surface area contributed by atoms with E-state index in [4.69, 9.17) is 4.74 Å². The number of likely N-dealkylation sites (N-methyl/N-ethyl adjacent to an activating group) is 1. The molecule has 130 valence electrons. The number of carbonyl (C=O) groups excluding carboxylic acids is 2. The lowest BCUT2D eigenvalue weighted by atomic mass is 10.0. The van der Waals surface area contributed by atoms with Gasteiger partial charge in [-0.15, -0.1) is 0 Å². The maximum Gasteiger partial charge on any atom is 0.282 e. The second-order valence-corrected chi connectivity index (χ2v) is 6.18. The van der Waals surface area contributed by atoms with Crippen molar-refractivity contribution >= 4 is 17.6 Å². The van der Waals surface area contributed by atoms with Crippen LogP contribution in [-0.4, -0.2) is 28.9 Å². The van der Waals surface area contributed by atoms with Crippen molar-refractivity contribution in [2.45, 2.75) is 32.9 Å². The predicted molar refractivity (Wildman–Crippen MR) is 94.3 cm³/mol. The molecule has 2 amide bonds. The van der Waals surface area contributed by atoms with Crippen LogP contribution in [0.15, 0.2) is 42.6 Å². The number of anilines is 1. The third kappa shape index (κ3) is 3.07. The number of carbonyl (C=O) groups is 2. The van der Waals surface area contributed by atoms with Gasteiger partial charge in [-0.2, -0.15) is 0 Å². The highest BCUT2D eigenvalue weighted by atomic mass is 16.5. The number of nitrogens with one attached hydrogen (secondary N) is 1. The summed E-state index contributed by atoms with van der Waals surface area (Å²) in [5, 5.41) is 2.80. The summed E-state index contributed by atoms with van der Waals surface area (Å²) in [7, 11) is 0. The minimum absolute atomic E-state index is 0.331. The van der Waals surface area contributed by atoms with Crippen molar-refractivity contribution in [1.82, 2.24) is 10.3 Å². The SMILES string of the molecule is CCN1C(=O)[C@@](C)(C(=O)NCc2ccc(C)cc2)Oc2cccnc21. The van der Waals surface area contributed by atoms with Crippen molar-refractivity contribution in [3.8, 4) is 5.75 Å². The van der Waals surface area contributed by atoms with Crippen LogP contribution in [0.5, 0.6) is 5.75 Å². The number of aryl methyl sites for hydroxylation is 1. The minimum Gasteiger partial charge on any atom is -0.464 e. The molecule has 0 aliphatic carbocycles. The fourth-order valence-corrected chi connectivity index (χ4v) is 2.78. The van der Waals surface area contributed by atoms with Gasteiger partial charge in [0.2, 0.25) is 0 Å². The zero-order chi connectivity index (χ0) is 18.0. The van der Waals surface area contributed by atoms with E-state index in [2.05, 4.69) is 10.3 Å². The lowest BCUT2D eigenvalue weighted by molar-refractivity contribution is -0.148. The van der Waals surface area contributed by atoms with Gasteiger partial charge in [-0.25, -0.2) is 4.98 Å². The van der Waals surface area contributed by atoms with Gasteiger partial charge in [0.05, 0.1) is 0 Å². The number of ether oxygens (including phenoxy) is 1. The Balaban J connectivity index is 1.81. The van der Waals surface area contributed by atoms with E-state index in [1.165, 1.54) is 11.8 Å². The summed E-state index contributed by atoms with van der Waals surface area (Å²) in [4.78, 5) is 31.2. The monoisotopic (exact) mass is 339 g/mol.